The Labute approximate surface area is 77.3 Å². The number of fused-ring (bicyclic) bond motifs is 1. The van der Waals surface area contributed by atoms with Gasteiger partial charge < -0.3 is 9.98 Å². The Hall–Kier alpha value is -1.57. The zero-order chi connectivity index (χ0) is 9.42. The van der Waals surface area contributed by atoms with Gasteiger partial charge in [0.1, 0.15) is 0 Å². The SMILES string of the molecule is CC(=N)c1cn(C)c2ccccc12. The van der Waals surface area contributed by atoms with Crippen LogP contribution in [0.15, 0.2) is 30.5 Å². The van der Waals surface area contributed by atoms with Gasteiger partial charge in [0, 0.05) is 35.4 Å². The van der Waals surface area contributed by atoms with Crippen LogP contribution < -0.4 is 0 Å². The van der Waals surface area contributed by atoms with E-state index in [4.69, 9.17) is 5.41 Å². The third-order valence-corrected chi connectivity index (χ3v) is 2.30. The number of rotatable bonds is 1. The molecule has 0 aliphatic carbocycles. The Morgan fingerprint density at radius 2 is 2.00 bits per heavy atom. The van der Waals surface area contributed by atoms with Gasteiger partial charge in [-0.1, -0.05) is 18.2 Å². The molecule has 2 heteroatoms. The standard InChI is InChI=1S/C11H12N2/c1-8(12)10-7-13(2)11-6-4-3-5-9(10)11/h3-7,12H,1-2H3. The molecule has 0 atom stereocenters. The van der Waals surface area contributed by atoms with Gasteiger partial charge >= 0.3 is 0 Å². The van der Waals surface area contributed by atoms with E-state index in [2.05, 4.69) is 16.7 Å². The van der Waals surface area contributed by atoms with E-state index < -0.39 is 0 Å². The molecular weight excluding hydrogens is 160 g/mol. The van der Waals surface area contributed by atoms with Gasteiger partial charge in [0.15, 0.2) is 0 Å². The average molecular weight is 172 g/mol. The highest BCUT2D eigenvalue weighted by Gasteiger charge is 2.05. The number of benzene rings is 1. The topological polar surface area (TPSA) is 28.8 Å². The Bertz CT molecular complexity index is 466. The van der Waals surface area contributed by atoms with E-state index in [1.54, 1.807) is 0 Å². The molecule has 0 radical (unpaired) electrons. The molecule has 0 unspecified atom stereocenters. The van der Waals surface area contributed by atoms with Gasteiger partial charge in [0.05, 0.1) is 0 Å². The van der Waals surface area contributed by atoms with Crippen molar-refractivity contribution >= 4 is 16.6 Å². The second kappa shape index (κ2) is 2.73. The van der Waals surface area contributed by atoms with Crippen LogP contribution in [0.1, 0.15) is 12.5 Å². The first-order valence-corrected chi connectivity index (χ1v) is 4.30. The molecule has 0 bridgehead atoms. The van der Waals surface area contributed by atoms with Crippen LogP contribution in [-0.4, -0.2) is 10.3 Å². The molecule has 2 rings (SSSR count). The van der Waals surface area contributed by atoms with Crippen LogP contribution in [0.3, 0.4) is 0 Å². The van der Waals surface area contributed by atoms with E-state index in [1.165, 1.54) is 5.52 Å². The zero-order valence-electron chi connectivity index (χ0n) is 7.83. The quantitative estimate of drug-likeness (QED) is 0.640. The molecule has 0 saturated carbocycles. The smallest absolute Gasteiger partial charge is 0.0484 e. The van der Waals surface area contributed by atoms with Crippen molar-refractivity contribution in [1.82, 2.24) is 4.57 Å². The summed E-state index contributed by atoms with van der Waals surface area (Å²) in [5.74, 6) is 0. The van der Waals surface area contributed by atoms with E-state index in [9.17, 15) is 0 Å². The van der Waals surface area contributed by atoms with Crippen LogP contribution >= 0.6 is 0 Å². The normalized spacial score (nSPS) is 10.6. The molecule has 0 amide bonds. The highest BCUT2D eigenvalue weighted by atomic mass is 14.9. The molecule has 66 valence electrons. The van der Waals surface area contributed by atoms with Crippen LogP contribution in [0.5, 0.6) is 0 Å². The second-order valence-corrected chi connectivity index (χ2v) is 3.30. The van der Waals surface area contributed by atoms with Crippen LogP contribution in [-0.2, 0) is 7.05 Å². The summed E-state index contributed by atoms with van der Waals surface area (Å²) in [5.41, 5.74) is 2.83. The number of para-hydroxylation sites is 1. The van der Waals surface area contributed by atoms with Crippen molar-refractivity contribution < 1.29 is 0 Å². The van der Waals surface area contributed by atoms with Crippen molar-refractivity contribution in [3.63, 3.8) is 0 Å². The minimum atomic E-state index is 0.622. The molecule has 2 nitrogen and oxygen atoms in total. The summed E-state index contributed by atoms with van der Waals surface area (Å²) in [4.78, 5) is 0. The fourth-order valence-electron chi connectivity index (χ4n) is 1.64. The summed E-state index contributed by atoms with van der Waals surface area (Å²) in [6.45, 7) is 1.82. The summed E-state index contributed by atoms with van der Waals surface area (Å²) in [6.07, 6.45) is 2.01. The first-order chi connectivity index (χ1) is 6.20. The predicted molar refractivity (Wildman–Crippen MR) is 55.4 cm³/mol. The minimum absolute atomic E-state index is 0.622. The minimum Gasteiger partial charge on any atom is -0.350 e. The summed E-state index contributed by atoms with van der Waals surface area (Å²) < 4.78 is 2.06. The van der Waals surface area contributed by atoms with Gasteiger partial charge in [-0.25, -0.2) is 0 Å². The predicted octanol–water partition coefficient (Wildman–Crippen LogP) is 2.57. The maximum Gasteiger partial charge on any atom is 0.0484 e. The fraction of sp³-hybridized carbons (Fsp3) is 0.182. The van der Waals surface area contributed by atoms with Crippen molar-refractivity contribution in [2.24, 2.45) is 7.05 Å². The first kappa shape index (κ1) is 8.05. The number of aryl methyl sites for hydroxylation is 1. The lowest BCUT2D eigenvalue weighted by Gasteiger charge is -1.93. The largest absolute Gasteiger partial charge is 0.350 e. The van der Waals surface area contributed by atoms with Crippen molar-refractivity contribution in [2.45, 2.75) is 6.92 Å². The Morgan fingerprint density at radius 3 is 2.69 bits per heavy atom. The summed E-state index contributed by atoms with van der Waals surface area (Å²) in [7, 11) is 2.01. The van der Waals surface area contributed by atoms with Gasteiger partial charge in [-0.3, -0.25) is 0 Å². The molecule has 1 aromatic carbocycles. The van der Waals surface area contributed by atoms with E-state index in [1.807, 2.05) is 32.3 Å². The Morgan fingerprint density at radius 1 is 1.31 bits per heavy atom. The molecule has 0 aliphatic rings. The summed E-state index contributed by atoms with van der Waals surface area (Å²) in [6, 6.07) is 8.16. The van der Waals surface area contributed by atoms with Crippen LogP contribution in [0.25, 0.3) is 10.9 Å². The molecule has 1 heterocycles. The molecule has 0 fully saturated rings. The summed E-state index contributed by atoms with van der Waals surface area (Å²) in [5, 5.41) is 8.78. The van der Waals surface area contributed by atoms with Crippen LogP contribution in [0.4, 0.5) is 0 Å². The third-order valence-electron chi connectivity index (χ3n) is 2.30. The number of aromatic nitrogens is 1. The average Bonchev–Trinajstić information content (AvgIpc) is 2.45. The zero-order valence-corrected chi connectivity index (χ0v) is 7.83. The fourth-order valence-corrected chi connectivity index (χ4v) is 1.64. The van der Waals surface area contributed by atoms with E-state index >= 15 is 0 Å². The third kappa shape index (κ3) is 1.15. The van der Waals surface area contributed by atoms with Crippen LogP contribution in [0.2, 0.25) is 0 Å². The number of nitrogens with zero attached hydrogens (tertiary/aromatic N) is 1. The van der Waals surface area contributed by atoms with E-state index in [0.29, 0.717) is 5.71 Å². The number of hydrogen-bond donors (Lipinski definition) is 1. The maximum atomic E-state index is 7.62. The molecule has 0 saturated heterocycles. The molecular formula is C11H12N2. The monoisotopic (exact) mass is 172 g/mol. The molecule has 2 aromatic rings. The van der Waals surface area contributed by atoms with Gasteiger partial charge in [0.2, 0.25) is 0 Å². The lowest BCUT2D eigenvalue weighted by molar-refractivity contribution is 0.967. The van der Waals surface area contributed by atoms with Gasteiger partial charge in [-0.15, -0.1) is 0 Å². The van der Waals surface area contributed by atoms with Gasteiger partial charge in [-0.2, -0.15) is 0 Å². The van der Waals surface area contributed by atoms with Crippen molar-refractivity contribution in [3.05, 3.63) is 36.0 Å². The Kier molecular flexibility index (Phi) is 1.69. The van der Waals surface area contributed by atoms with Gasteiger partial charge in [0.25, 0.3) is 0 Å². The van der Waals surface area contributed by atoms with Crippen molar-refractivity contribution in [2.75, 3.05) is 0 Å². The molecule has 13 heavy (non-hydrogen) atoms. The maximum absolute atomic E-state index is 7.62. The lowest BCUT2D eigenvalue weighted by Crippen LogP contribution is -1.89. The van der Waals surface area contributed by atoms with Gasteiger partial charge in [-0.05, 0) is 13.0 Å². The Balaban J connectivity index is 2.85. The van der Waals surface area contributed by atoms with Crippen molar-refractivity contribution in [1.29, 1.82) is 5.41 Å². The number of nitrogens with one attached hydrogen (secondary N) is 1. The van der Waals surface area contributed by atoms with Crippen molar-refractivity contribution in [3.8, 4) is 0 Å². The highest BCUT2D eigenvalue weighted by molar-refractivity contribution is 6.08. The molecule has 0 aliphatic heterocycles. The van der Waals surface area contributed by atoms with Crippen LogP contribution in [0, 0.1) is 5.41 Å². The van der Waals surface area contributed by atoms with E-state index in [-0.39, 0.29) is 0 Å². The highest BCUT2D eigenvalue weighted by Crippen LogP contribution is 2.20. The molecule has 1 N–H and O–H groups in total. The summed E-state index contributed by atoms with van der Waals surface area (Å²) >= 11 is 0. The number of hydrogen-bond acceptors (Lipinski definition) is 1. The van der Waals surface area contributed by atoms with E-state index in [0.717, 1.165) is 10.9 Å². The molecule has 1 aromatic heterocycles. The lowest BCUT2D eigenvalue weighted by atomic mass is 10.1. The second-order valence-electron chi connectivity index (χ2n) is 3.30. The molecule has 0 spiro atoms. The first-order valence-electron chi connectivity index (χ1n) is 4.30.